The number of nitrogens with zero attached hydrogens (tertiary/aromatic N) is 2. The Bertz CT molecular complexity index is 643. The van der Waals surface area contributed by atoms with Gasteiger partial charge in [0.15, 0.2) is 5.96 Å². The summed E-state index contributed by atoms with van der Waals surface area (Å²) in [5, 5.41) is 6.94. The molecule has 1 saturated carbocycles. The van der Waals surface area contributed by atoms with Gasteiger partial charge in [0, 0.05) is 37.4 Å². The van der Waals surface area contributed by atoms with Crippen LogP contribution in [0.2, 0.25) is 0 Å². The maximum Gasteiger partial charge on any atom is 0.191 e. The van der Waals surface area contributed by atoms with Crippen LogP contribution >= 0.6 is 24.0 Å². The largest absolute Gasteiger partial charge is 0.493 e. The molecule has 1 aromatic rings. The topological polar surface area (TPSA) is 58.1 Å². The van der Waals surface area contributed by atoms with Crippen LogP contribution in [0.3, 0.4) is 0 Å². The Morgan fingerprint density at radius 1 is 1.21 bits per heavy atom. The predicted octanol–water partition coefficient (Wildman–Crippen LogP) is 3.26. The molecule has 1 aliphatic carbocycles. The van der Waals surface area contributed by atoms with Gasteiger partial charge in [0.05, 0.1) is 13.2 Å². The normalized spacial score (nSPS) is 18.8. The molecular formula is C22H37IN4O2. The van der Waals surface area contributed by atoms with Gasteiger partial charge in [0.2, 0.25) is 0 Å². The van der Waals surface area contributed by atoms with Gasteiger partial charge in [0.1, 0.15) is 5.75 Å². The Morgan fingerprint density at radius 2 is 1.93 bits per heavy atom. The van der Waals surface area contributed by atoms with Crippen LogP contribution in [0.4, 0.5) is 0 Å². The fraction of sp³-hybridized carbons (Fsp3) is 0.682. The van der Waals surface area contributed by atoms with E-state index in [1.807, 2.05) is 6.07 Å². The molecule has 0 unspecified atom stereocenters. The molecule has 3 rings (SSSR count). The minimum Gasteiger partial charge on any atom is -0.493 e. The second-order valence-electron chi connectivity index (χ2n) is 8.14. The van der Waals surface area contributed by atoms with Crippen molar-refractivity contribution < 1.29 is 9.47 Å². The summed E-state index contributed by atoms with van der Waals surface area (Å²) in [4.78, 5) is 7.15. The molecule has 0 radical (unpaired) electrons. The summed E-state index contributed by atoms with van der Waals surface area (Å²) in [6.07, 6.45) is 4.66. The van der Waals surface area contributed by atoms with E-state index in [0.717, 1.165) is 68.9 Å². The SMILES string of the molecule is CCNC(=NCc1ccccc1OCC1CC1)NCC1(N(C)C)CCOCC1.I. The van der Waals surface area contributed by atoms with Crippen LogP contribution in [0.1, 0.15) is 38.2 Å². The van der Waals surface area contributed by atoms with Crippen LogP contribution in [0, 0.1) is 5.92 Å². The second-order valence-corrected chi connectivity index (χ2v) is 8.14. The van der Waals surface area contributed by atoms with Gasteiger partial charge >= 0.3 is 0 Å². The van der Waals surface area contributed by atoms with E-state index >= 15 is 0 Å². The van der Waals surface area contributed by atoms with Crippen molar-refractivity contribution in [3.8, 4) is 5.75 Å². The zero-order valence-electron chi connectivity index (χ0n) is 18.1. The summed E-state index contributed by atoms with van der Waals surface area (Å²) in [7, 11) is 4.31. The lowest BCUT2D eigenvalue weighted by atomic mass is 9.88. The summed E-state index contributed by atoms with van der Waals surface area (Å²) in [5.74, 6) is 2.56. The van der Waals surface area contributed by atoms with Crippen molar-refractivity contribution in [1.82, 2.24) is 15.5 Å². The molecule has 0 amide bonds. The molecule has 0 bridgehead atoms. The maximum absolute atomic E-state index is 6.03. The molecule has 164 valence electrons. The highest BCUT2D eigenvalue weighted by Crippen LogP contribution is 2.30. The van der Waals surface area contributed by atoms with Crippen molar-refractivity contribution in [3.05, 3.63) is 29.8 Å². The molecule has 1 aromatic carbocycles. The average molecular weight is 516 g/mol. The lowest BCUT2D eigenvalue weighted by molar-refractivity contribution is -0.00501. The fourth-order valence-corrected chi connectivity index (χ4v) is 3.56. The zero-order valence-corrected chi connectivity index (χ0v) is 20.4. The van der Waals surface area contributed by atoms with Crippen LogP contribution in [0.25, 0.3) is 0 Å². The Balaban J connectivity index is 0.00000300. The van der Waals surface area contributed by atoms with E-state index in [-0.39, 0.29) is 29.5 Å². The highest BCUT2D eigenvalue weighted by atomic mass is 127. The van der Waals surface area contributed by atoms with Crippen molar-refractivity contribution in [1.29, 1.82) is 0 Å². The Labute approximate surface area is 192 Å². The summed E-state index contributed by atoms with van der Waals surface area (Å²) in [6.45, 7) is 6.86. The number of hydrogen-bond acceptors (Lipinski definition) is 4. The van der Waals surface area contributed by atoms with Crippen molar-refractivity contribution in [3.63, 3.8) is 0 Å². The monoisotopic (exact) mass is 516 g/mol. The van der Waals surface area contributed by atoms with Crippen LogP contribution in [0.15, 0.2) is 29.3 Å². The summed E-state index contributed by atoms with van der Waals surface area (Å²) < 4.78 is 11.6. The van der Waals surface area contributed by atoms with Crippen molar-refractivity contribution >= 4 is 29.9 Å². The third kappa shape index (κ3) is 7.29. The number of nitrogens with one attached hydrogen (secondary N) is 2. The number of hydrogen-bond donors (Lipinski definition) is 2. The molecule has 0 aromatic heterocycles. The third-order valence-corrected chi connectivity index (χ3v) is 5.85. The molecule has 0 spiro atoms. The molecular weight excluding hydrogens is 479 g/mol. The highest BCUT2D eigenvalue weighted by molar-refractivity contribution is 14.0. The quantitative estimate of drug-likeness (QED) is 0.300. The number of ether oxygens (including phenoxy) is 2. The van der Waals surface area contributed by atoms with E-state index in [1.165, 1.54) is 12.8 Å². The number of likely N-dealkylation sites (N-methyl/N-ethyl adjacent to an activating group) is 1. The van der Waals surface area contributed by atoms with Crippen molar-refractivity contribution in [2.24, 2.45) is 10.9 Å². The van der Waals surface area contributed by atoms with E-state index in [9.17, 15) is 0 Å². The second kappa shape index (κ2) is 12.0. The smallest absolute Gasteiger partial charge is 0.191 e. The average Bonchev–Trinajstić information content (AvgIpc) is 3.54. The van der Waals surface area contributed by atoms with Crippen LogP contribution in [0.5, 0.6) is 5.75 Å². The highest BCUT2D eigenvalue weighted by Gasteiger charge is 2.34. The van der Waals surface area contributed by atoms with Crippen molar-refractivity contribution in [2.45, 2.75) is 44.7 Å². The van der Waals surface area contributed by atoms with E-state index in [4.69, 9.17) is 14.5 Å². The summed E-state index contributed by atoms with van der Waals surface area (Å²) >= 11 is 0. The molecule has 1 saturated heterocycles. The first-order chi connectivity index (χ1) is 13.6. The van der Waals surface area contributed by atoms with E-state index < -0.39 is 0 Å². The van der Waals surface area contributed by atoms with Gasteiger partial charge in [0.25, 0.3) is 0 Å². The number of aliphatic imine (C=N–C) groups is 1. The van der Waals surface area contributed by atoms with Crippen LogP contribution < -0.4 is 15.4 Å². The molecule has 2 fully saturated rings. The Morgan fingerprint density at radius 3 is 2.59 bits per heavy atom. The standard InChI is InChI=1S/C22H36N4O2.HI/c1-4-23-21(25-17-22(26(2)3)11-13-27-14-12-22)24-15-19-7-5-6-8-20(19)28-16-18-9-10-18;/h5-8,18H,4,9-17H2,1-3H3,(H2,23,24,25);1H. The van der Waals surface area contributed by atoms with Gasteiger partial charge in [-0.1, -0.05) is 18.2 Å². The first-order valence-corrected chi connectivity index (χ1v) is 10.6. The summed E-state index contributed by atoms with van der Waals surface area (Å²) in [5.41, 5.74) is 1.24. The lowest BCUT2D eigenvalue weighted by Crippen LogP contribution is -2.57. The molecule has 7 heteroatoms. The molecule has 2 aliphatic rings. The molecule has 29 heavy (non-hydrogen) atoms. The first kappa shape index (κ1) is 24.2. The molecule has 1 aliphatic heterocycles. The van der Waals surface area contributed by atoms with Gasteiger partial charge in [-0.25, -0.2) is 4.99 Å². The fourth-order valence-electron chi connectivity index (χ4n) is 3.56. The number of para-hydroxylation sites is 1. The third-order valence-electron chi connectivity index (χ3n) is 5.85. The predicted molar refractivity (Wildman–Crippen MR) is 129 cm³/mol. The van der Waals surface area contributed by atoms with Gasteiger partial charge in [-0.15, -0.1) is 24.0 Å². The maximum atomic E-state index is 6.03. The molecule has 0 atom stereocenters. The number of benzene rings is 1. The van der Waals surface area contributed by atoms with E-state index in [0.29, 0.717) is 6.54 Å². The zero-order chi connectivity index (χ0) is 19.8. The van der Waals surface area contributed by atoms with Gasteiger partial charge in [-0.3, -0.25) is 0 Å². The van der Waals surface area contributed by atoms with E-state index in [1.54, 1.807) is 0 Å². The van der Waals surface area contributed by atoms with Crippen LogP contribution in [-0.2, 0) is 11.3 Å². The minimum absolute atomic E-state index is 0. The van der Waals surface area contributed by atoms with Crippen LogP contribution in [-0.4, -0.2) is 63.4 Å². The number of guanidine groups is 1. The summed E-state index contributed by atoms with van der Waals surface area (Å²) in [6, 6.07) is 8.24. The Kier molecular flexibility index (Phi) is 9.98. The molecule has 6 nitrogen and oxygen atoms in total. The number of halogens is 1. The lowest BCUT2D eigenvalue weighted by Gasteiger charge is -2.43. The molecule has 1 heterocycles. The first-order valence-electron chi connectivity index (χ1n) is 10.6. The van der Waals surface area contributed by atoms with Crippen molar-refractivity contribution in [2.75, 3.05) is 47.0 Å². The van der Waals surface area contributed by atoms with Gasteiger partial charge < -0.3 is 25.0 Å². The van der Waals surface area contributed by atoms with Gasteiger partial charge in [-0.05, 0) is 58.7 Å². The number of rotatable bonds is 9. The Hall–Kier alpha value is -1.06. The molecule has 2 N–H and O–H groups in total. The van der Waals surface area contributed by atoms with Gasteiger partial charge in [-0.2, -0.15) is 0 Å². The van der Waals surface area contributed by atoms with E-state index in [2.05, 4.69) is 54.8 Å². The minimum atomic E-state index is 0.